The molecule has 0 bridgehead atoms. The Morgan fingerprint density at radius 3 is 2.26 bits per heavy atom. The van der Waals surface area contributed by atoms with Gasteiger partial charge >= 0.3 is 0 Å². The van der Waals surface area contributed by atoms with Crippen molar-refractivity contribution in [2.24, 2.45) is 23.7 Å². The molecule has 1 aliphatic carbocycles. The van der Waals surface area contributed by atoms with Crippen LogP contribution in [0.25, 0.3) is 0 Å². The van der Waals surface area contributed by atoms with Crippen LogP contribution in [-0.2, 0) is 28.7 Å². The van der Waals surface area contributed by atoms with E-state index in [1.807, 2.05) is 56.9 Å². The van der Waals surface area contributed by atoms with Crippen molar-refractivity contribution >= 4 is 23.6 Å². The highest BCUT2D eigenvalue weighted by Gasteiger charge is 2.44. The zero-order chi connectivity index (χ0) is 37.0. The van der Waals surface area contributed by atoms with Crippen LogP contribution in [0.3, 0.4) is 0 Å². The van der Waals surface area contributed by atoms with E-state index < -0.39 is 35.7 Å². The molecule has 50 heavy (non-hydrogen) atoms. The van der Waals surface area contributed by atoms with Gasteiger partial charge in [0.1, 0.15) is 6.04 Å². The third kappa shape index (κ3) is 10.5. The molecule has 0 saturated carbocycles. The van der Waals surface area contributed by atoms with Gasteiger partial charge in [-0.1, -0.05) is 77.5 Å². The molecule has 0 aromatic carbocycles. The molecule has 3 aliphatic rings. The van der Waals surface area contributed by atoms with Gasteiger partial charge in [-0.05, 0) is 63.3 Å². The lowest BCUT2D eigenvalue weighted by atomic mass is 9.89. The Morgan fingerprint density at radius 1 is 1.02 bits per heavy atom. The first-order valence-electron chi connectivity index (χ1n) is 18.8. The van der Waals surface area contributed by atoms with Crippen molar-refractivity contribution in [2.45, 2.75) is 122 Å². The summed E-state index contributed by atoms with van der Waals surface area (Å²) in [4.78, 5) is 58.4. The van der Waals surface area contributed by atoms with E-state index in [2.05, 4.69) is 41.9 Å². The number of carbonyl (C=O) groups excluding carboxylic acids is 4. The summed E-state index contributed by atoms with van der Waals surface area (Å²) in [5.74, 6) is -0.866. The highest BCUT2D eigenvalue weighted by atomic mass is 16.5. The Hall–Kier alpha value is -3.02. The minimum absolute atomic E-state index is 0.0179. The van der Waals surface area contributed by atoms with Gasteiger partial charge in [-0.3, -0.25) is 19.2 Å². The second-order valence-corrected chi connectivity index (χ2v) is 15.0. The third-order valence-corrected chi connectivity index (χ3v) is 11.2. The van der Waals surface area contributed by atoms with Gasteiger partial charge in [0.15, 0.2) is 0 Å². The van der Waals surface area contributed by atoms with Crippen LogP contribution in [0.5, 0.6) is 0 Å². The number of likely N-dealkylation sites (N-methyl/N-ethyl adjacent to an activating group) is 1. The molecule has 8 atom stereocenters. The fourth-order valence-electron chi connectivity index (χ4n) is 7.75. The van der Waals surface area contributed by atoms with Crippen molar-refractivity contribution in [3.05, 3.63) is 36.5 Å². The standard InChI is InChI=1S/C39H65N5O6/c1-10-27(4)34(43(7)37(47)33(26(2)3)42-38(48)39(6)21-16-22-41-39)31(49-8)25-32(45)44-24-15-19-30(44)35(50-9)28(5)36(46)40-23-20-29-17-13-11-12-14-18-29/h11-14,17-18,26-31,33-35,41H,10,15-16,19-25H2,1-9H3,(H,40,46)(H,42,48)/t27-,28+,30-,31+,33-,34-,35?,39-/m0/s1. The van der Waals surface area contributed by atoms with Crippen LogP contribution >= 0.6 is 0 Å². The molecule has 0 aromatic heterocycles. The summed E-state index contributed by atoms with van der Waals surface area (Å²) < 4.78 is 11.9. The molecule has 2 saturated heterocycles. The lowest BCUT2D eigenvalue weighted by Crippen LogP contribution is -2.61. The molecule has 282 valence electrons. The van der Waals surface area contributed by atoms with Crippen LogP contribution in [-0.4, -0.2) is 110 Å². The average molecular weight is 700 g/mol. The number of hydrogen-bond donors (Lipinski definition) is 3. The van der Waals surface area contributed by atoms with Crippen molar-refractivity contribution in [3.8, 4) is 0 Å². The second-order valence-electron chi connectivity index (χ2n) is 15.0. The molecule has 3 rings (SSSR count). The van der Waals surface area contributed by atoms with Gasteiger partial charge in [0.25, 0.3) is 0 Å². The van der Waals surface area contributed by atoms with E-state index in [-0.39, 0.29) is 53.8 Å². The van der Waals surface area contributed by atoms with Gasteiger partial charge in [-0.25, -0.2) is 0 Å². The summed E-state index contributed by atoms with van der Waals surface area (Å²) >= 11 is 0. The first kappa shape index (κ1) is 41.4. The van der Waals surface area contributed by atoms with Crippen LogP contribution in [0.15, 0.2) is 36.5 Å². The van der Waals surface area contributed by atoms with Crippen LogP contribution in [0.2, 0.25) is 0 Å². The number of likely N-dealkylation sites (tertiary alicyclic amines) is 1. The molecule has 11 nitrogen and oxygen atoms in total. The smallest absolute Gasteiger partial charge is 0.245 e. The van der Waals surface area contributed by atoms with E-state index in [0.717, 1.165) is 45.1 Å². The number of allylic oxidation sites excluding steroid dienone is 6. The maximum atomic E-state index is 14.1. The Balaban J connectivity index is 1.70. The molecule has 2 fully saturated rings. The summed E-state index contributed by atoms with van der Waals surface area (Å²) in [6, 6.07) is -1.38. The van der Waals surface area contributed by atoms with E-state index in [1.54, 1.807) is 26.2 Å². The zero-order valence-corrected chi connectivity index (χ0v) is 32.1. The largest absolute Gasteiger partial charge is 0.379 e. The normalized spacial score (nSPS) is 24.4. The van der Waals surface area contributed by atoms with E-state index >= 15 is 0 Å². The predicted octanol–water partition coefficient (Wildman–Crippen LogP) is 3.99. The van der Waals surface area contributed by atoms with Crippen molar-refractivity contribution in [1.29, 1.82) is 0 Å². The van der Waals surface area contributed by atoms with Gasteiger partial charge in [0.05, 0.1) is 42.2 Å². The highest BCUT2D eigenvalue weighted by Crippen LogP contribution is 2.30. The van der Waals surface area contributed by atoms with Gasteiger partial charge in [0.2, 0.25) is 23.6 Å². The molecule has 4 amide bonds. The number of methoxy groups -OCH3 is 2. The molecule has 11 heteroatoms. The summed E-state index contributed by atoms with van der Waals surface area (Å²) in [6.07, 6.45) is 16.1. The van der Waals surface area contributed by atoms with Crippen molar-refractivity contribution in [2.75, 3.05) is 40.9 Å². The first-order valence-corrected chi connectivity index (χ1v) is 18.8. The second kappa shape index (κ2) is 19.6. The van der Waals surface area contributed by atoms with Gasteiger partial charge < -0.3 is 35.2 Å². The number of nitrogens with one attached hydrogen (secondary N) is 3. The molecular weight excluding hydrogens is 634 g/mol. The van der Waals surface area contributed by atoms with Gasteiger partial charge in [-0.2, -0.15) is 0 Å². The Labute approximate surface area is 301 Å². The van der Waals surface area contributed by atoms with E-state index in [1.165, 1.54) is 0 Å². The number of amides is 4. The maximum absolute atomic E-state index is 14.1. The summed E-state index contributed by atoms with van der Waals surface area (Å²) in [5, 5.41) is 9.41. The number of carbonyl (C=O) groups is 4. The maximum Gasteiger partial charge on any atom is 0.245 e. The van der Waals surface area contributed by atoms with Crippen LogP contribution in [0.4, 0.5) is 0 Å². The van der Waals surface area contributed by atoms with Crippen molar-refractivity contribution in [3.63, 3.8) is 0 Å². The van der Waals surface area contributed by atoms with Crippen molar-refractivity contribution < 1.29 is 28.7 Å². The fraction of sp³-hybridized carbons (Fsp3) is 0.744. The molecule has 0 spiro atoms. The number of ether oxygens (including phenoxy) is 2. The number of rotatable bonds is 18. The van der Waals surface area contributed by atoms with E-state index in [4.69, 9.17) is 9.47 Å². The summed E-state index contributed by atoms with van der Waals surface area (Å²) in [7, 11) is 4.95. The SMILES string of the molecule is CC[C@H](C)[C@@H]([C@@H](CC(=O)N1CCC[C@H]1C(OC)[C@@H](C)C(=O)NCCC1C=CC=CC=C1)OC)N(C)C(=O)[C@@H](NC(=O)[C@]1(C)CCCN1)C(C)C. The van der Waals surface area contributed by atoms with Gasteiger partial charge in [-0.15, -0.1) is 0 Å². The molecule has 2 heterocycles. The highest BCUT2D eigenvalue weighted by molar-refractivity contribution is 5.92. The Kier molecular flexibility index (Phi) is 16.2. The minimum Gasteiger partial charge on any atom is -0.379 e. The van der Waals surface area contributed by atoms with E-state index in [9.17, 15) is 19.2 Å². The van der Waals surface area contributed by atoms with Crippen LogP contribution < -0.4 is 16.0 Å². The number of nitrogens with zero attached hydrogens (tertiary/aromatic N) is 2. The molecule has 0 radical (unpaired) electrons. The van der Waals surface area contributed by atoms with Gasteiger partial charge in [0, 0.05) is 34.4 Å². The Bertz CT molecular complexity index is 1210. The molecule has 1 unspecified atom stereocenters. The summed E-state index contributed by atoms with van der Waals surface area (Å²) in [5.41, 5.74) is -0.699. The molecule has 2 aliphatic heterocycles. The average Bonchev–Trinajstić information content (AvgIpc) is 3.69. The first-order chi connectivity index (χ1) is 23.8. The lowest BCUT2D eigenvalue weighted by Gasteiger charge is -2.41. The number of hydrogen-bond acceptors (Lipinski definition) is 7. The van der Waals surface area contributed by atoms with Crippen LogP contribution in [0, 0.1) is 23.7 Å². The third-order valence-electron chi connectivity index (χ3n) is 11.2. The van der Waals surface area contributed by atoms with E-state index in [0.29, 0.717) is 13.1 Å². The Morgan fingerprint density at radius 2 is 1.70 bits per heavy atom. The molecular formula is C39H65N5O6. The monoisotopic (exact) mass is 699 g/mol. The molecule has 0 aromatic rings. The quantitative estimate of drug-likeness (QED) is 0.197. The lowest BCUT2D eigenvalue weighted by molar-refractivity contribution is -0.148. The predicted molar refractivity (Wildman–Crippen MR) is 197 cm³/mol. The van der Waals surface area contributed by atoms with Crippen molar-refractivity contribution in [1.82, 2.24) is 25.8 Å². The fourth-order valence-corrected chi connectivity index (χ4v) is 7.75. The zero-order valence-electron chi connectivity index (χ0n) is 32.1. The molecule has 3 N–H and O–H groups in total. The summed E-state index contributed by atoms with van der Waals surface area (Å²) in [6.45, 7) is 13.6. The minimum atomic E-state index is -0.721. The van der Waals surface area contributed by atoms with Crippen LogP contribution in [0.1, 0.15) is 86.5 Å². The topological polar surface area (TPSA) is 129 Å².